The van der Waals surface area contributed by atoms with Crippen LogP contribution in [0.3, 0.4) is 0 Å². The third kappa shape index (κ3) is 3.51. The Hall–Kier alpha value is -1.47. The smallest absolute Gasteiger partial charge is 0.322 e. The molecule has 102 valence electrons. The second-order valence-electron chi connectivity index (χ2n) is 3.84. The first-order valence-corrected chi connectivity index (χ1v) is 7.00. The zero-order valence-corrected chi connectivity index (χ0v) is 12.5. The van der Waals surface area contributed by atoms with Crippen LogP contribution in [0, 0.1) is 6.92 Å². The van der Waals surface area contributed by atoms with Crippen molar-refractivity contribution < 1.29 is 4.74 Å². The van der Waals surface area contributed by atoms with E-state index < -0.39 is 0 Å². The summed E-state index contributed by atoms with van der Waals surface area (Å²) in [6, 6.07) is 0.241. The molecule has 0 unspecified atom stereocenters. The van der Waals surface area contributed by atoms with Crippen LogP contribution in [-0.4, -0.2) is 33.6 Å². The van der Waals surface area contributed by atoms with Gasteiger partial charge >= 0.3 is 6.01 Å². The second-order valence-corrected chi connectivity index (χ2v) is 5.11. The van der Waals surface area contributed by atoms with Crippen LogP contribution in [0.1, 0.15) is 17.5 Å². The van der Waals surface area contributed by atoms with Gasteiger partial charge in [-0.25, -0.2) is 4.98 Å². The molecule has 0 N–H and O–H groups in total. The van der Waals surface area contributed by atoms with E-state index >= 15 is 0 Å². The van der Waals surface area contributed by atoms with E-state index in [0.29, 0.717) is 19.1 Å². The largest absolute Gasteiger partial charge is 0.464 e. The molecule has 2 rings (SSSR count). The highest BCUT2D eigenvalue weighted by molar-refractivity contribution is 7.09. The minimum Gasteiger partial charge on any atom is -0.464 e. The number of halogens is 1. The molecular weight excluding hydrogens is 286 g/mol. The van der Waals surface area contributed by atoms with Crippen molar-refractivity contribution in [2.75, 3.05) is 18.6 Å². The molecule has 0 spiro atoms. The fourth-order valence-corrected chi connectivity index (χ4v) is 2.43. The van der Waals surface area contributed by atoms with Crippen LogP contribution in [-0.2, 0) is 6.54 Å². The summed E-state index contributed by atoms with van der Waals surface area (Å²) in [5.41, 5.74) is 2.84. The molecule has 0 atom stereocenters. The van der Waals surface area contributed by atoms with E-state index in [-0.39, 0.29) is 11.3 Å². The van der Waals surface area contributed by atoms with E-state index in [0.717, 1.165) is 10.6 Å². The molecule has 2 aromatic rings. The summed E-state index contributed by atoms with van der Waals surface area (Å²) in [6.45, 7) is 4.99. The molecule has 0 saturated carbocycles. The summed E-state index contributed by atoms with van der Waals surface area (Å²) >= 11 is 7.47. The summed E-state index contributed by atoms with van der Waals surface area (Å²) in [5.74, 6) is 0.483. The Morgan fingerprint density at radius 2 is 2.16 bits per heavy atom. The van der Waals surface area contributed by atoms with Gasteiger partial charge in [0.05, 0.1) is 24.4 Å². The molecule has 0 radical (unpaired) electrons. The van der Waals surface area contributed by atoms with Crippen molar-refractivity contribution in [2.24, 2.45) is 0 Å². The lowest BCUT2D eigenvalue weighted by atomic mass is 10.4. The van der Waals surface area contributed by atoms with Gasteiger partial charge in [-0.15, -0.1) is 11.3 Å². The Morgan fingerprint density at radius 3 is 2.79 bits per heavy atom. The Bertz CT molecular complexity index is 562. The monoisotopic (exact) mass is 299 g/mol. The lowest BCUT2D eigenvalue weighted by Crippen LogP contribution is -2.20. The average Bonchev–Trinajstić information content (AvgIpc) is 2.75. The number of rotatable bonds is 5. The number of aryl methyl sites for hydroxylation is 1. The molecule has 2 heterocycles. The van der Waals surface area contributed by atoms with Gasteiger partial charge in [0.2, 0.25) is 11.2 Å². The molecule has 0 aliphatic heterocycles. The molecule has 2 aromatic heterocycles. The summed E-state index contributed by atoms with van der Waals surface area (Å²) < 4.78 is 5.25. The van der Waals surface area contributed by atoms with Gasteiger partial charge in [-0.1, -0.05) is 0 Å². The van der Waals surface area contributed by atoms with Crippen LogP contribution >= 0.6 is 22.9 Å². The van der Waals surface area contributed by atoms with E-state index in [1.807, 2.05) is 31.3 Å². The summed E-state index contributed by atoms with van der Waals surface area (Å²) in [5, 5.41) is 0.126. The Labute approximate surface area is 120 Å². The van der Waals surface area contributed by atoms with Crippen LogP contribution in [0.15, 0.2) is 5.51 Å². The number of hydrogen-bond donors (Lipinski definition) is 0. The van der Waals surface area contributed by atoms with Gasteiger partial charge in [0.25, 0.3) is 0 Å². The van der Waals surface area contributed by atoms with Gasteiger partial charge in [0.1, 0.15) is 0 Å². The minimum absolute atomic E-state index is 0.126. The maximum absolute atomic E-state index is 5.86. The van der Waals surface area contributed by atoms with Gasteiger partial charge in [-0.3, -0.25) is 0 Å². The zero-order valence-electron chi connectivity index (χ0n) is 10.9. The molecule has 6 nitrogen and oxygen atoms in total. The molecular formula is C11H14ClN5OS. The Kier molecular flexibility index (Phi) is 4.49. The number of ether oxygens (including phenoxy) is 1. The first-order chi connectivity index (χ1) is 9.10. The van der Waals surface area contributed by atoms with E-state index in [4.69, 9.17) is 16.3 Å². The highest BCUT2D eigenvalue weighted by Crippen LogP contribution is 2.19. The molecule has 0 amide bonds. The highest BCUT2D eigenvalue weighted by atomic mass is 35.5. The Balaban J connectivity index is 2.18. The lowest BCUT2D eigenvalue weighted by Gasteiger charge is -2.16. The van der Waals surface area contributed by atoms with Crippen molar-refractivity contribution in [3.05, 3.63) is 21.4 Å². The normalized spacial score (nSPS) is 10.5. The third-order valence-electron chi connectivity index (χ3n) is 2.42. The molecule has 8 heteroatoms. The van der Waals surface area contributed by atoms with Gasteiger partial charge in [-0.05, 0) is 25.4 Å². The van der Waals surface area contributed by atoms with E-state index in [9.17, 15) is 0 Å². The summed E-state index contributed by atoms with van der Waals surface area (Å²) in [7, 11) is 1.89. The van der Waals surface area contributed by atoms with E-state index in [2.05, 4.69) is 19.9 Å². The van der Waals surface area contributed by atoms with Crippen LogP contribution in [0.5, 0.6) is 6.01 Å². The maximum Gasteiger partial charge on any atom is 0.322 e. The first-order valence-electron chi connectivity index (χ1n) is 5.74. The molecule has 0 fully saturated rings. The number of hydrogen-bond acceptors (Lipinski definition) is 7. The van der Waals surface area contributed by atoms with Crippen molar-refractivity contribution >= 4 is 28.9 Å². The quantitative estimate of drug-likeness (QED) is 0.844. The van der Waals surface area contributed by atoms with Gasteiger partial charge in [-0.2, -0.15) is 15.0 Å². The van der Waals surface area contributed by atoms with Crippen LogP contribution in [0.4, 0.5) is 5.95 Å². The van der Waals surface area contributed by atoms with E-state index in [1.165, 1.54) is 0 Å². The van der Waals surface area contributed by atoms with Crippen molar-refractivity contribution in [1.82, 2.24) is 19.9 Å². The topological polar surface area (TPSA) is 64.0 Å². The van der Waals surface area contributed by atoms with E-state index in [1.54, 1.807) is 11.3 Å². The molecule has 0 aliphatic carbocycles. The molecule has 19 heavy (non-hydrogen) atoms. The highest BCUT2D eigenvalue weighted by Gasteiger charge is 2.12. The van der Waals surface area contributed by atoms with Crippen molar-refractivity contribution in [1.29, 1.82) is 0 Å². The van der Waals surface area contributed by atoms with Crippen molar-refractivity contribution in [3.63, 3.8) is 0 Å². The van der Waals surface area contributed by atoms with Crippen molar-refractivity contribution in [3.8, 4) is 6.01 Å². The first kappa shape index (κ1) is 14.0. The standard InChI is InChI=1S/C11H14ClN5OS/c1-4-18-11-15-9(12)14-10(16-11)17(3)5-8-7(2)13-6-19-8/h6H,4-5H2,1-3H3. The van der Waals surface area contributed by atoms with Crippen molar-refractivity contribution in [2.45, 2.75) is 20.4 Å². The minimum atomic E-state index is 0.126. The fraction of sp³-hybridized carbons (Fsp3) is 0.455. The summed E-state index contributed by atoms with van der Waals surface area (Å²) in [6.07, 6.45) is 0. The second kappa shape index (κ2) is 6.12. The summed E-state index contributed by atoms with van der Waals surface area (Å²) in [4.78, 5) is 19.5. The number of thiazole rings is 1. The molecule has 0 saturated heterocycles. The van der Waals surface area contributed by atoms with Crippen LogP contribution in [0.25, 0.3) is 0 Å². The molecule has 0 aromatic carbocycles. The third-order valence-corrected chi connectivity index (χ3v) is 3.51. The van der Waals surface area contributed by atoms with Crippen LogP contribution < -0.4 is 9.64 Å². The fourth-order valence-electron chi connectivity index (χ4n) is 1.45. The lowest BCUT2D eigenvalue weighted by molar-refractivity contribution is 0.311. The number of anilines is 1. The SMILES string of the molecule is CCOc1nc(Cl)nc(N(C)Cc2scnc2C)n1. The predicted molar refractivity (Wildman–Crippen MR) is 75.0 cm³/mol. The zero-order chi connectivity index (χ0) is 13.8. The number of nitrogens with zero attached hydrogens (tertiary/aromatic N) is 5. The molecule has 0 aliphatic rings. The maximum atomic E-state index is 5.86. The van der Waals surface area contributed by atoms with Gasteiger partial charge in [0, 0.05) is 11.9 Å². The Morgan fingerprint density at radius 1 is 1.37 bits per heavy atom. The number of aromatic nitrogens is 4. The molecule has 0 bridgehead atoms. The predicted octanol–water partition coefficient (Wildman–Crippen LogP) is 2.33. The van der Waals surface area contributed by atoms with Crippen LogP contribution in [0.2, 0.25) is 5.28 Å². The average molecular weight is 300 g/mol. The van der Waals surface area contributed by atoms with Gasteiger partial charge < -0.3 is 9.64 Å². The van der Waals surface area contributed by atoms with Gasteiger partial charge in [0.15, 0.2) is 0 Å².